The molecule has 0 N–H and O–H groups in total. The number of aromatic nitrogens is 4. The number of sulfone groups is 1. The van der Waals surface area contributed by atoms with Gasteiger partial charge in [-0.1, -0.05) is 6.92 Å². The molecule has 0 aromatic carbocycles. The molecule has 0 unspecified atom stereocenters. The van der Waals surface area contributed by atoms with Crippen molar-refractivity contribution >= 4 is 20.7 Å². The molecule has 1 aliphatic carbocycles. The van der Waals surface area contributed by atoms with E-state index in [0.29, 0.717) is 4.68 Å². The van der Waals surface area contributed by atoms with Crippen LogP contribution in [0.15, 0.2) is 35.5 Å². The van der Waals surface area contributed by atoms with E-state index in [1.165, 1.54) is 19.1 Å². The Labute approximate surface area is 174 Å². The Hall–Kier alpha value is -2.63. The van der Waals surface area contributed by atoms with Crippen LogP contribution >= 0.6 is 0 Å². The molecule has 12 heteroatoms. The summed E-state index contributed by atoms with van der Waals surface area (Å²) in [6.45, 7) is -0.193. The first-order valence-corrected chi connectivity index (χ1v) is 11.1. The second-order valence-corrected chi connectivity index (χ2v) is 9.64. The van der Waals surface area contributed by atoms with Crippen LogP contribution in [0.4, 0.5) is 22.0 Å². The molecule has 166 valence electrons. The van der Waals surface area contributed by atoms with Gasteiger partial charge in [-0.05, 0) is 31.0 Å². The van der Waals surface area contributed by atoms with Crippen LogP contribution < -0.4 is 0 Å². The smallest absolute Gasteiger partial charge is 0.257 e. The van der Waals surface area contributed by atoms with Gasteiger partial charge in [0.1, 0.15) is 12.2 Å². The van der Waals surface area contributed by atoms with Gasteiger partial charge in [-0.25, -0.2) is 13.4 Å². The number of rotatable bonds is 6. The van der Waals surface area contributed by atoms with E-state index in [9.17, 15) is 30.4 Å². The summed E-state index contributed by atoms with van der Waals surface area (Å²) >= 11 is 0. The van der Waals surface area contributed by atoms with E-state index in [1.54, 1.807) is 6.07 Å². The van der Waals surface area contributed by atoms with Crippen molar-refractivity contribution in [2.75, 3.05) is 5.75 Å². The van der Waals surface area contributed by atoms with Crippen LogP contribution in [0.1, 0.15) is 31.4 Å². The maximum absolute atomic E-state index is 13.4. The molecule has 0 atom stereocenters. The van der Waals surface area contributed by atoms with E-state index in [-0.39, 0.29) is 38.9 Å². The van der Waals surface area contributed by atoms with Crippen LogP contribution in [0.2, 0.25) is 0 Å². The number of halogens is 5. The van der Waals surface area contributed by atoms with Crippen molar-refractivity contribution in [2.45, 2.75) is 49.2 Å². The third-order valence-electron chi connectivity index (χ3n) is 5.12. The quantitative estimate of drug-likeness (QED) is 0.511. The molecular formula is C19H17F5N4O2S. The van der Waals surface area contributed by atoms with E-state index in [4.69, 9.17) is 0 Å². The first-order chi connectivity index (χ1) is 14.4. The number of nitrogens with zero attached hydrogens (tertiary/aromatic N) is 4. The second-order valence-electron chi connectivity index (χ2n) is 7.39. The third-order valence-corrected chi connectivity index (χ3v) is 6.88. The lowest BCUT2D eigenvalue weighted by Crippen LogP contribution is -2.40. The van der Waals surface area contributed by atoms with Crippen molar-refractivity contribution in [3.8, 4) is 11.4 Å². The molecule has 31 heavy (non-hydrogen) atoms. The summed E-state index contributed by atoms with van der Waals surface area (Å²) in [5.41, 5.74) is 0.990. The van der Waals surface area contributed by atoms with Crippen molar-refractivity contribution in [1.29, 1.82) is 0 Å². The lowest BCUT2D eigenvalue weighted by Gasteiger charge is -2.19. The van der Waals surface area contributed by atoms with Gasteiger partial charge in [0.05, 0.1) is 34.3 Å². The predicted octanol–water partition coefficient (Wildman–Crippen LogP) is 4.36. The van der Waals surface area contributed by atoms with Crippen LogP contribution in [0.5, 0.6) is 0 Å². The number of hydrogen-bond acceptors (Lipinski definition) is 5. The lowest BCUT2D eigenvalue weighted by atomic mass is 10.1. The summed E-state index contributed by atoms with van der Waals surface area (Å²) in [4.78, 5) is 8.59. The monoisotopic (exact) mass is 460 g/mol. The SMILES string of the molecule is CCS(=O)(=O)c1ccc(C2CC2)nc1-c1cc2cnn(CC(F)(F)C(F)(F)F)c2cn1. The minimum atomic E-state index is -5.71. The van der Waals surface area contributed by atoms with Gasteiger partial charge in [0.2, 0.25) is 0 Å². The molecule has 0 amide bonds. The zero-order valence-electron chi connectivity index (χ0n) is 16.2. The molecule has 0 aliphatic heterocycles. The van der Waals surface area contributed by atoms with Gasteiger partial charge in [0.25, 0.3) is 0 Å². The highest BCUT2D eigenvalue weighted by Crippen LogP contribution is 2.41. The maximum Gasteiger partial charge on any atom is 0.455 e. The maximum atomic E-state index is 13.4. The number of hydrogen-bond donors (Lipinski definition) is 0. The van der Waals surface area contributed by atoms with E-state index in [0.717, 1.165) is 30.9 Å². The highest BCUT2D eigenvalue weighted by Gasteiger charge is 2.57. The van der Waals surface area contributed by atoms with E-state index in [1.807, 2.05) is 0 Å². The van der Waals surface area contributed by atoms with Crippen molar-refractivity contribution < 1.29 is 30.4 Å². The Kier molecular flexibility index (Phi) is 5.02. The predicted molar refractivity (Wildman–Crippen MR) is 101 cm³/mol. The Morgan fingerprint density at radius 1 is 1.13 bits per heavy atom. The Bertz CT molecular complexity index is 1250. The molecule has 3 aromatic rings. The van der Waals surface area contributed by atoms with Crippen molar-refractivity contribution in [3.05, 3.63) is 36.3 Å². The van der Waals surface area contributed by atoms with Gasteiger partial charge in [0, 0.05) is 17.0 Å². The Balaban J connectivity index is 1.79. The summed E-state index contributed by atoms with van der Waals surface area (Å²) in [7, 11) is -3.64. The average Bonchev–Trinajstić information content (AvgIpc) is 3.49. The minimum absolute atomic E-state index is 0.0118. The fraction of sp³-hybridized carbons (Fsp3) is 0.421. The fourth-order valence-corrected chi connectivity index (χ4v) is 4.20. The van der Waals surface area contributed by atoms with E-state index < -0.39 is 28.5 Å². The van der Waals surface area contributed by atoms with Crippen LogP contribution in [0.25, 0.3) is 22.3 Å². The molecule has 4 rings (SSSR count). The average molecular weight is 460 g/mol. The molecule has 0 spiro atoms. The van der Waals surface area contributed by atoms with E-state index >= 15 is 0 Å². The Morgan fingerprint density at radius 2 is 1.84 bits per heavy atom. The standard InChI is InChI=1S/C19H17F5N4O2S/c1-2-31(29,30)16-6-5-13(11-3-4-11)27-17(16)14-7-12-8-26-28(15(12)9-25-14)10-18(20,21)19(22,23)24/h5-9,11H,2-4,10H2,1H3. The zero-order chi connectivity index (χ0) is 22.6. The number of fused-ring (bicyclic) bond motifs is 1. The van der Waals surface area contributed by atoms with Crippen LogP contribution in [0, 0.1) is 0 Å². The normalized spacial score (nSPS) is 15.5. The molecule has 0 radical (unpaired) electrons. The van der Waals surface area contributed by atoms with Crippen molar-refractivity contribution in [2.24, 2.45) is 0 Å². The summed E-state index contributed by atoms with van der Waals surface area (Å²) in [5.74, 6) is -4.88. The first kappa shape index (κ1) is 21.6. The Morgan fingerprint density at radius 3 is 2.45 bits per heavy atom. The van der Waals surface area contributed by atoms with Gasteiger partial charge in [0.15, 0.2) is 9.84 Å². The molecule has 1 aliphatic rings. The van der Waals surface area contributed by atoms with Gasteiger partial charge in [-0.2, -0.15) is 27.1 Å². The molecule has 0 bridgehead atoms. The molecule has 6 nitrogen and oxygen atoms in total. The van der Waals surface area contributed by atoms with Crippen LogP contribution in [-0.4, -0.2) is 46.0 Å². The van der Waals surface area contributed by atoms with E-state index in [2.05, 4.69) is 15.1 Å². The summed E-state index contributed by atoms with van der Waals surface area (Å²) in [6, 6.07) is 4.53. The zero-order valence-corrected chi connectivity index (χ0v) is 17.0. The van der Waals surface area contributed by atoms with Gasteiger partial charge < -0.3 is 0 Å². The molecule has 3 aromatic heterocycles. The minimum Gasteiger partial charge on any atom is -0.257 e. The van der Waals surface area contributed by atoms with Crippen molar-refractivity contribution in [3.63, 3.8) is 0 Å². The largest absolute Gasteiger partial charge is 0.455 e. The molecule has 3 heterocycles. The molecule has 1 fully saturated rings. The molecule has 0 saturated heterocycles. The molecular weight excluding hydrogens is 443 g/mol. The number of pyridine rings is 2. The van der Waals surface area contributed by atoms with Crippen molar-refractivity contribution in [1.82, 2.24) is 19.7 Å². The highest BCUT2D eigenvalue weighted by atomic mass is 32.2. The first-order valence-electron chi connectivity index (χ1n) is 9.43. The number of alkyl halides is 5. The van der Waals surface area contributed by atoms with Crippen LogP contribution in [-0.2, 0) is 16.4 Å². The summed E-state index contributed by atoms with van der Waals surface area (Å²) in [6.07, 6.45) is -1.60. The molecule has 1 saturated carbocycles. The second kappa shape index (κ2) is 7.21. The fourth-order valence-electron chi connectivity index (χ4n) is 3.17. The summed E-state index contributed by atoms with van der Waals surface area (Å²) in [5, 5.41) is 3.87. The van der Waals surface area contributed by atoms with Gasteiger partial charge in [-0.15, -0.1) is 0 Å². The summed E-state index contributed by atoms with van der Waals surface area (Å²) < 4.78 is 90.1. The van der Waals surface area contributed by atoms with Crippen LogP contribution in [0.3, 0.4) is 0 Å². The van der Waals surface area contributed by atoms with Gasteiger partial charge in [-0.3, -0.25) is 9.67 Å². The topological polar surface area (TPSA) is 77.7 Å². The third kappa shape index (κ3) is 4.00. The van der Waals surface area contributed by atoms with Gasteiger partial charge >= 0.3 is 12.1 Å². The lowest BCUT2D eigenvalue weighted by molar-refractivity contribution is -0.287. The highest BCUT2D eigenvalue weighted by molar-refractivity contribution is 7.91.